The van der Waals surface area contributed by atoms with Crippen LogP contribution in [0.1, 0.15) is 51.5 Å². The van der Waals surface area contributed by atoms with Crippen molar-refractivity contribution in [3.63, 3.8) is 0 Å². The molecule has 0 aromatic heterocycles. The van der Waals surface area contributed by atoms with Crippen LogP contribution in [0.5, 0.6) is 0 Å². The first kappa shape index (κ1) is 17.4. The Morgan fingerprint density at radius 2 is 1.50 bits per heavy atom. The zero-order chi connectivity index (χ0) is 19.4. The molecule has 2 aromatic carbocycles. The maximum atomic E-state index is 13.4. The third-order valence-electron chi connectivity index (χ3n) is 5.82. The second kappa shape index (κ2) is 6.45. The van der Waals surface area contributed by atoms with Crippen LogP contribution in [-0.4, -0.2) is 23.1 Å². The number of hydrogen-bond donors (Lipinski definition) is 0. The molecule has 138 valence electrons. The van der Waals surface area contributed by atoms with Crippen molar-refractivity contribution in [2.24, 2.45) is 10.9 Å². The number of ketones is 3. The summed E-state index contributed by atoms with van der Waals surface area (Å²) in [5.41, 5.74) is 2.99. The zero-order valence-corrected chi connectivity index (χ0v) is 16.5. The third kappa shape index (κ3) is 2.49. The van der Waals surface area contributed by atoms with Crippen LogP contribution >= 0.6 is 15.9 Å². The van der Waals surface area contributed by atoms with Crippen molar-refractivity contribution in [1.82, 2.24) is 0 Å². The van der Waals surface area contributed by atoms with Crippen LogP contribution in [0.4, 0.5) is 0 Å². The first-order valence-corrected chi connectivity index (χ1v) is 10.1. The third-order valence-corrected chi connectivity index (χ3v) is 6.35. The van der Waals surface area contributed by atoms with Crippen LogP contribution in [0.2, 0.25) is 0 Å². The number of carbonyl (C=O) groups is 3. The number of hydrogen-bond acceptors (Lipinski definition) is 4. The number of halogens is 1. The lowest BCUT2D eigenvalue weighted by Gasteiger charge is -2.37. The molecular formula is C23H16BrNO3. The molecule has 0 radical (unpaired) electrons. The number of nitrogens with zero attached hydrogens (tertiary/aromatic N) is 1. The van der Waals surface area contributed by atoms with Crippen LogP contribution < -0.4 is 0 Å². The lowest BCUT2D eigenvalue weighted by Crippen LogP contribution is -2.41. The van der Waals surface area contributed by atoms with Gasteiger partial charge in [-0.3, -0.25) is 19.4 Å². The van der Waals surface area contributed by atoms with E-state index in [-0.39, 0.29) is 23.0 Å². The molecule has 2 unspecified atom stereocenters. The number of allylic oxidation sites excluding steroid dienone is 2. The fourth-order valence-corrected chi connectivity index (χ4v) is 4.83. The Labute approximate surface area is 170 Å². The van der Waals surface area contributed by atoms with Crippen molar-refractivity contribution >= 4 is 39.0 Å². The van der Waals surface area contributed by atoms with E-state index in [0.717, 1.165) is 22.2 Å². The summed E-state index contributed by atoms with van der Waals surface area (Å²) in [4.78, 5) is 44.1. The molecule has 2 aliphatic carbocycles. The summed E-state index contributed by atoms with van der Waals surface area (Å²) in [6, 6.07) is 14.5. The highest BCUT2D eigenvalue weighted by Crippen LogP contribution is 2.46. The number of rotatable bonds is 1. The van der Waals surface area contributed by atoms with E-state index in [0.29, 0.717) is 29.5 Å². The van der Waals surface area contributed by atoms with E-state index < -0.39 is 11.8 Å². The molecule has 1 saturated carbocycles. The van der Waals surface area contributed by atoms with Gasteiger partial charge in [0.15, 0.2) is 5.78 Å². The number of carbonyl (C=O) groups excluding carboxylic acids is 3. The van der Waals surface area contributed by atoms with Gasteiger partial charge in [0, 0.05) is 39.2 Å². The summed E-state index contributed by atoms with van der Waals surface area (Å²) >= 11 is 3.44. The molecule has 0 N–H and O–H groups in total. The standard InChI is InChI=1S/C23H16BrNO3/c24-13-10-8-12(9-11-13)18-19-16(6-3-7-17(19)26)25-21-20(18)22(27)14-4-1-2-5-15(14)23(21)28/h1-2,4-5,8-11,18-19H,3,6-7H2. The fourth-order valence-electron chi connectivity index (χ4n) is 4.56. The number of Topliss-reactive ketones (excluding diaryl/α,β-unsaturated/α-hetero) is 3. The van der Waals surface area contributed by atoms with Gasteiger partial charge in [-0.25, -0.2) is 0 Å². The summed E-state index contributed by atoms with van der Waals surface area (Å²) in [5, 5.41) is 0. The maximum absolute atomic E-state index is 13.4. The Kier molecular flexibility index (Phi) is 4.02. The Hall–Kier alpha value is -2.66. The van der Waals surface area contributed by atoms with Gasteiger partial charge >= 0.3 is 0 Å². The topological polar surface area (TPSA) is 63.6 Å². The molecule has 5 rings (SSSR count). The molecular weight excluding hydrogens is 418 g/mol. The molecule has 1 heterocycles. The predicted octanol–water partition coefficient (Wildman–Crippen LogP) is 4.69. The fraction of sp³-hybridized carbons (Fsp3) is 0.217. The molecule has 3 aliphatic rings. The molecule has 1 fully saturated rings. The van der Waals surface area contributed by atoms with Crippen molar-refractivity contribution < 1.29 is 14.4 Å². The minimum Gasteiger partial charge on any atom is -0.299 e. The largest absolute Gasteiger partial charge is 0.299 e. The maximum Gasteiger partial charge on any atom is 0.212 e. The molecule has 0 amide bonds. The number of aliphatic imine (C=N–C) groups is 1. The van der Waals surface area contributed by atoms with Gasteiger partial charge < -0.3 is 0 Å². The summed E-state index contributed by atoms with van der Waals surface area (Å²) in [6.45, 7) is 0. The van der Waals surface area contributed by atoms with Crippen LogP contribution in [-0.2, 0) is 4.79 Å². The van der Waals surface area contributed by atoms with Gasteiger partial charge in [-0.1, -0.05) is 52.3 Å². The highest BCUT2D eigenvalue weighted by molar-refractivity contribution is 9.10. The molecule has 0 spiro atoms. The smallest absolute Gasteiger partial charge is 0.212 e. The van der Waals surface area contributed by atoms with Gasteiger partial charge in [0.2, 0.25) is 5.78 Å². The summed E-state index contributed by atoms with van der Waals surface area (Å²) < 4.78 is 0.918. The van der Waals surface area contributed by atoms with E-state index in [1.807, 2.05) is 24.3 Å². The molecule has 28 heavy (non-hydrogen) atoms. The van der Waals surface area contributed by atoms with E-state index in [1.165, 1.54) is 0 Å². The van der Waals surface area contributed by atoms with Crippen molar-refractivity contribution in [1.29, 1.82) is 0 Å². The van der Waals surface area contributed by atoms with Gasteiger partial charge in [-0.15, -0.1) is 0 Å². The van der Waals surface area contributed by atoms with Crippen molar-refractivity contribution in [3.05, 3.63) is 81.0 Å². The highest BCUT2D eigenvalue weighted by atomic mass is 79.9. The minimum atomic E-state index is -0.465. The highest BCUT2D eigenvalue weighted by Gasteiger charge is 2.47. The Balaban J connectivity index is 1.77. The second-order valence-corrected chi connectivity index (χ2v) is 8.31. The number of fused-ring (bicyclic) bond motifs is 2. The van der Waals surface area contributed by atoms with E-state index in [1.54, 1.807) is 24.3 Å². The van der Waals surface area contributed by atoms with Crippen molar-refractivity contribution in [3.8, 4) is 0 Å². The molecule has 4 nitrogen and oxygen atoms in total. The quantitative estimate of drug-likeness (QED) is 0.654. The Morgan fingerprint density at radius 3 is 2.21 bits per heavy atom. The monoisotopic (exact) mass is 433 g/mol. The molecule has 2 atom stereocenters. The van der Waals surface area contributed by atoms with E-state index >= 15 is 0 Å². The average molecular weight is 434 g/mol. The van der Waals surface area contributed by atoms with Gasteiger partial charge in [0.25, 0.3) is 0 Å². The Morgan fingerprint density at radius 1 is 0.821 bits per heavy atom. The van der Waals surface area contributed by atoms with Gasteiger partial charge in [0.05, 0.1) is 5.92 Å². The summed E-state index contributed by atoms with van der Waals surface area (Å²) in [7, 11) is 0. The first-order chi connectivity index (χ1) is 13.6. The van der Waals surface area contributed by atoms with E-state index in [4.69, 9.17) is 0 Å². The summed E-state index contributed by atoms with van der Waals surface area (Å²) in [5.74, 6) is -1.25. The number of benzene rings is 2. The normalized spacial score (nSPS) is 23.8. The summed E-state index contributed by atoms with van der Waals surface area (Å²) in [6.07, 6.45) is 1.91. The van der Waals surface area contributed by atoms with Gasteiger partial charge in [0.1, 0.15) is 11.5 Å². The van der Waals surface area contributed by atoms with Crippen molar-refractivity contribution in [2.45, 2.75) is 25.2 Å². The lowest BCUT2D eigenvalue weighted by atomic mass is 9.66. The van der Waals surface area contributed by atoms with E-state index in [2.05, 4.69) is 20.9 Å². The molecule has 2 aromatic rings. The lowest BCUT2D eigenvalue weighted by molar-refractivity contribution is -0.121. The predicted molar refractivity (Wildman–Crippen MR) is 109 cm³/mol. The zero-order valence-electron chi connectivity index (χ0n) is 14.9. The second-order valence-electron chi connectivity index (χ2n) is 7.40. The van der Waals surface area contributed by atoms with Crippen molar-refractivity contribution in [2.75, 3.05) is 0 Å². The average Bonchev–Trinajstić information content (AvgIpc) is 2.71. The Bertz CT molecular complexity index is 1110. The van der Waals surface area contributed by atoms with E-state index in [9.17, 15) is 14.4 Å². The van der Waals surface area contributed by atoms with Crippen LogP contribution in [0.3, 0.4) is 0 Å². The van der Waals surface area contributed by atoms with Crippen LogP contribution in [0.25, 0.3) is 0 Å². The SMILES string of the molecule is O=C1C2=C(C(=O)c3ccccc31)C(c1ccc(Br)cc1)C1C(=O)CCCC1=N2. The molecule has 0 bridgehead atoms. The van der Waals surface area contributed by atoms with Crippen LogP contribution in [0.15, 0.2) is 69.3 Å². The van der Waals surface area contributed by atoms with Crippen LogP contribution in [0, 0.1) is 5.92 Å². The molecule has 5 heteroatoms. The minimum absolute atomic E-state index is 0.101. The molecule has 0 saturated heterocycles. The van der Waals surface area contributed by atoms with Gasteiger partial charge in [-0.05, 0) is 30.5 Å². The van der Waals surface area contributed by atoms with Gasteiger partial charge in [-0.2, -0.15) is 0 Å². The first-order valence-electron chi connectivity index (χ1n) is 9.34. The molecule has 1 aliphatic heterocycles.